The van der Waals surface area contributed by atoms with Crippen LogP contribution in [0.15, 0.2) is 29.6 Å². The van der Waals surface area contributed by atoms with Crippen molar-refractivity contribution in [2.75, 3.05) is 11.9 Å². The summed E-state index contributed by atoms with van der Waals surface area (Å²) in [7, 11) is 1.69. The lowest BCUT2D eigenvalue weighted by atomic mass is 10.1. The Kier molecular flexibility index (Phi) is 4.42. The molecule has 1 aromatic heterocycles. The zero-order chi connectivity index (χ0) is 14.9. The van der Waals surface area contributed by atoms with Crippen LogP contribution < -0.4 is 10.6 Å². The van der Waals surface area contributed by atoms with Gasteiger partial charge in [0.2, 0.25) is 0 Å². The minimum atomic E-state index is -0.170. The molecule has 1 amide bonds. The Labute approximate surface area is 132 Å². The number of carbonyl (C=O) groups excluding carboxylic acids is 1. The van der Waals surface area contributed by atoms with Gasteiger partial charge in [-0.1, -0.05) is 36.0 Å². The van der Waals surface area contributed by atoms with E-state index in [4.69, 9.17) is 29.6 Å². The Morgan fingerprint density at radius 1 is 1.40 bits per heavy atom. The smallest absolute Gasteiger partial charge is 0.269 e. The Morgan fingerprint density at radius 2 is 2.05 bits per heavy atom. The highest BCUT2D eigenvalue weighted by atomic mass is 35.5. The number of carbonyl (C=O) groups is 1. The van der Waals surface area contributed by atoms with Crippen LogP contribution in [0, 0.1) is 6.92 Å². The molecule has 104 valence electrons. The second-order valence-corrected chi connectivity index (χ2v) is 6.00. The van der Waals surface area contributed by atoms with E-state index < -0.39 is 0 Å². The molecule has 3 nitrogen and oxygen atoms in total. The third kappa shape index (κ3) is 2.70. The molecule has 0 aliphatic heterocycles. The van der Waals surface area contributed by atoms with Crippen LogP contribution in [0.2, 0.25) is 5.02 Å². The summed E-state index contributed by atoms with van der Waals surface area (Å²) in [6.07, 6.45) is 0. The monoisotopic (exact) mass is 324 g/mol. The third-order valence-corrected chi connectivity index (χ3v) is 4.83. The van der Waals surface area contributed by atoms with Gasteiger partial charge in [-0.05, 0) is 30.0 Å². The molecule has 0 radical (unpaired) electrons. The molecule has 6 heteroatoms. The van der Waals surface area contributed by atoms with E-state index >= 15 is 0 Å². The molecule has 0 unspecified atom stereocenters. The average molecular weight is 325 g/mol. The van der Waals surface area contributed by atoms with Crippen LogP contribution in [0.5, 0.6) is 0 Å². The van der Waals surface area contributed by atoms with Gasteiger partial charge >= 0.3 is 0 Å². The van der Waals surface area contributed by atoms with Crippen molar-refractivity contribution in [1.82, 2.24) is 0 Å². The van der Waals surface area contributed by atoms with E-state index in [1.807, 2.05) is 24.4 Å². The molecule has 0 saturated carbocycles. The molecule has 1 heterocycles. The van der Waals surface area contributed by atoms with Gasteiger partial charge in [0.1, 0.15) is 9.87 Å². The molecular formula is C14H13ClN2OS2. The first-order chi connectivity index (χ1) is 9.43. The summed E-state index contributed by atoms with van der Waals surface area (Å²) in [5, 5.41) is 2.36. The molecule has 20 heavy (non-hydrogen) atoms. The number of benzene rings is 1. The standard InChI is InChI=1S/C14H13ClN2OS2/c1-8-7-20-12(11(8)15)14(18)17(2)10-6-4-3-5-9(10)13(16)19/h3-7H,1-2H3,(H2,16,19). The summed E-state index contributed by atoms with van der Waals surface area (Å²) < 4.78 is 0. The molecule has 0 saturated heterocycles. The molecule has 0 spiro atoms. The van der Waals surface area contributed by atoms with Gasteiger partial charge in [0.25, 0.3) is 5.91 Å². The largest absolute Gasteiger partial charge is 0.389 e. The zero-order valence-corrected chi connectivity index (χ0v) is 13.4. The molecule has 0 atom stereocenters. The van der Waals surface area contributed by atoms with E-state index in [0.29, 0.717) is 21.2 Å². The number of para-hydroxylation sites is 1. The number of thiophene rings is 1. The second kappa shape index (κ2) is 5.91. The lowest BCUT2D eigenvalue weighted by Crippen LogP contribution is -2.28. The number of nitrogens with two attached hydrogens (primary N) is 1. The van der Waals surface area contributed by atoms with Crippen molar-refractivity contribution in [3.05, 3.63) is 50.7 Å². The number of halogens is 1. The van der Waals surface area contributed by atoms with E-state index in [1.54, 1.807) is 19.2 Å². The quantitative estimate of drug-likeness (QED) is 0.877. The predicted octanol–water partition coefficient (Wildman–Crippen LogP) is 3.62. The van der Waals surface area contributed by atoms with E-state index in [9.17, 15) is 4.79 Å². The van der Waals surface area contributed by atoms with Crippen LogP contribution >= 0.6 is 35.2 Å². The molecule has 1 aromatic carbocycles. The molecular weight excluding hydrogens is 312 g/mol. The third-order valence-electron chi connectivity index (χ3n) is 2.93. The molecule has 0 aliphatic carbocycles. The maximum Gasteiger partial charge on any atom is 0.269 e. The van der Waals surface area contributed by atoms with E-state index in [1.165, 1.54) is 16.2 Å². The number of thiocarbonyl (C=S) groups is 1. The van der Waals surface area contributed by atoms with Crippen LogP contribution in [0.3, 0.4) is 0 Å². The molecule has 0 bridgehead atoms. The topological polar surface area (TPSA) is 46.3 Å². The summed E-state index contributed by atoms with van der Waals surface area (Å²) in [4.78, 5) is 14.8. The number of hydrogen-bond donors (Lipinski definition) is 1. The summed E-state index contributed by atoms with van der Waals surface area (Å²) in [5.74, 6) is -0.170. The highest BCUT2D eigenvalue weighted by molar-refractivity contribution is 7.80. The van der Waals surface area contributed by atoms with Crippen molar-refractivity contribution in [2.45, 2.75) is 6.92 Å². The lowest BCUT2D eigenvalue weighted by molar-refractivity contribution is 0.0997. The van der Waals surface area contributed by atoms with Gasteiger partial charge in [0.15, 0.2) is 0 Å². The highest BCUT2D eigenvalue weighted by Crippen LogP contribution is 2.30. The maximum absolute atomic E-state index is 12.5. The first kappa shape index (κ1) is 15.0. The van der Waals surface area contributed by atoms with Crippen molar-refractivity contribution in [3.8, 4) is 0 Å². The number of anilines is 1. The Morgan fingerprint density at radius 3 is 2.60 bits per heavy atom. The first-order valence-corrected chi connectivity index (χ1v) is 7.50. The van der Waals surface area contributed by atoms with E-state index in [0.717, 1.165) is 5.56 Å². The van der Waals surface area contributed by atoms with Crippen molar-refractivity contribution < 1.29 is 4.79 Å². The van der Waals surface area contributed by atoms with Crippen LogP contribution in [-0.4, -0.2) is 17.9 Å². The van der Waals surface area contributed by atoms with Crippen LogP contribution in [0.1, 0.15) is 20.8 Å². The van der Waals surface area contributed by atoms with Gasteiger partial charge in [-0.3, -0.25) is 4.79 Å². The van der Waals surface area contributed by atoms with Gasteiger partial charge in [0.05, 0.1) is 10.7 Å². The summed E-state index contributed by atoms with van der Waals surface area (Å²) in [6.45, 7) is 1.87. The Bertz CT molecular complexity index is 682. The SMILES string of the molecule is Cc1csc(C(=O)N(C)c2ccccc2C(N)=S)c1Cl. The molecule has 0 fully saturated rings. The van der Waals surface area contributed by atoms with Crippen molar-refractivity contribution in [2.24, 2.45) is 5.73 Å². The van der Waals surface area contributed by atoms with Crippen LogP contribution in [-0.2, 0) is 0 Å². The molecule has 2 aromatic rings. The van der Waals surface area contributed by atoms with E-state index in [2.05, 4.69) is 0 Å². The number of amides is 1. The molecule has 0 aliphatic rings. The highest BCUT2D eigenvalue weighted by Gasteiger charge is 2.21. The number of nitrogens with zero attached hydrogens (tertiary/aromatic N) is 1. The van der Waals surface area contributed by atoms with Crippen LogP contribution in [0.4, 0.5) is 5.69 Å². The average Bonchev–Trinajstić information content (AvgIpc) is 2.77. The minimum absolute atomic E-state index is 0.170. The normalized spacial score (nSPS) is 10.3. The summed E-state index contributed by atoms with van der Waals surface area (Å²) in [6, 6.07) is 7.27. The maximum atomic E-state index is 12.5. The second-order valence-electron chi connectivity index (χ2n) is 4.31. The number of aryl methyl sites for hydroxylation is 1. The first-order valence-electron chi connectivity index (χ1n) is 5.84. The fraction of sp³-hybridized carbons (Fsp3) is 0.143. The molecule has 2 N–H and O–H groups in total. The van der Waals surface area contributed by atoms with Crippen LogP contribution in [0.25, 0.3) is 0 Å². The minimum Gasteiger partial charge on any atom is -0.389 e. The Balaban J connectivity index is 2.42. The van der Waals surface area contributed by atoms with Gasteiger partial charge in [-0.2, -0.15) is 0 Å². The van der Waals surface area contributed by atoms with Gasteiger partial charge in [0, 0.05) is 12.6 Å². The predicted molar refractivity (Wildman–Crippen MR) is 89.1 cm³/mol. The van der Waals surface area contributed by atoms with Gasteiger partial charge in [-0.15, -0.1) is 11.3 Å². The zero-order valence-electron chi connectivity index (χ0n) is 11.0. The number of hydrogen-bond acceptors (Lipinski definition) is 3. The van der Waals surface area contributed by atoms with Crippen molar-refractivity contribution in [1.29, 1.82) is 0 Å². The number of rotatable bonds is 3. The fourth-order valence-corrected chi connectivity index (χ4v) is 3.23. The van der Waals surface area contributed by atoms with E-state index in [-0.39, 0.29) is 10.9 Å². The summed E-state index contributed by atoms with van der Waals surface area (Å²) >= 11 is 12.5. The molecule has 2 rings (SSSR count). The fourth-order valence-electron chi connectivity index (χ4n) is 1.81. The van der Waals surface area contributed by atoms with Gasteiger partial charge < -0.3 is 10.6 Å². The van der Waals surface area contributed by atoms with Crippen molar-refractivity contribution >= 4 is 51.7 Å². The van der Waals surface area contributed by atoms with Gasteiger partial charge in [-0.25, -0.2) is 0 Å². The lowest BCUT2D eigenvalue weighted by Gasteiger charge is -2.19. The Hall–Kier alpha value is -1.43. The van der Waals surface area contributed by atoms with Crippen molar-refractivity contribution in [3.63, 3.8) is 0 Å². The summed E-state index contributed by atoms with van der Waals surface area (Å²) in [5.41, 5.74) is 7.94.